The number of hydrogen-bond acceptors (Lipinski definition) is 7. The van der Waals surface area contributed by atoms with E-state index in [-0.39, 0.29) is 31.2 Å². The number of pyridine rings is 1. The molecule has 0 radical (unpaired) electrons. The molecule has 9 nitrogen and oxygen atoms in total. The highest BCUT2D eigenvalue weighted by molar-refractivity contribution is 6.31. The molecule has 1 N–H and O–H groups in total. The molecular weight excluding hydrogens is 512 g/mol. The van der Waals surface area contributed by atoms with Crippen LogP contribution in [0, 0.1) is 0 Å². The van der Waals surface area contributed by atoms with Gasteiger partial charge in [-0.25, -0.2) is 14.4 Å². The molecule has 0 aliphatic rings. The summed E-state index contributed by atoms with van der Waals surface area (Å²) in [5.41, 5.74) is 0.448. The fourth-order valence-corrected chi connectivity index (χ4v) is 3.98. The molecule has 1 unspecified atom stereocenters. The van der Waals surface area contributed by atoms with Crippen LogP contribution in [0.2, 0.25) is 5.02 Å². The van der Waals surface area contributed by atoms with Gasteiger partial charge >= 0.3 is 18.0 Å². The number of benzene rings is 1. The molecule has 0 bridgehead atoms. The van der Waals surface area contributed by atoms with Crippen LogP contribution in [0.1, 0.15) is 76.9 Å². The van der Waals surface area contributed by atoms with Crippen LogP contribution in [-0.4, -0.2) is 47.5 Å². The largest absolute Gasteiger partial charge is 0.462 e. The molecule has 1 heterocycles. The lowest BCUT2D eigenvalue weighted by molar-refractivity contribution is -0.159. The maximum absolute atomic E-state index is 13.3. The van der Waals surface area contributed by atoms with Crippen LogP contribution in [0.3, 0.4) is 0 Å². The topological polar surface area (TPSA) is 113 Å². The van der Waals surface area contributed by atoms with Gasteiger partial charge in [-0.1, -0.05) is 24.6 Å². The number of aromatic nitrogens is 1. The highest BCUT2D eigenvalue weighted by Gasteiger charge is 2.28. The number of alkyl carbamates (subject to hydrolysis) is 1. The van der Waals surface area contributed by atoms with Gasteiger partial charge in [0.1, 0.15) is 11.6 Å². The van der Waals surface area contributed by atoms with Gasteiger partial charge in [0.15, 0.2) is 0 Å². The zero-order valence-electron chi connectivity index (χ0n) is 23.1. The van der Waals surface area contributed by atoms with Gasteiger partial charge in [0.2, 0.25) is 0 Å². The molecule has 0 fully saturated rings. The summed E-state index contributed by atoms with van der Waals surface area (Å²) >= 11 is 6.30. The van der Waals surface area contributed by atoms with Crippen molar-refractivity contribution in [1.82, 2.24) is 9.88 Å². The van der Waals surface area contributed by atoms with Gasteiger partial charge in [-0.05, 0) is 77.6 Å². The van der Waals surface area contributed by atoms with E-state index >= 15 is 0 Å². The monoisotopic (exact) mass is 548 g/mol. The molecule has 1 aromatic heterocycles. The highest BCUT2D eigenvalue weighted by atomic mass is 35.5. The van der Waals surface area contributed by atoms with Crippen molar-refractivity contribution >= 4 is 29.6 Å². The minimum absolute atomic E-state index is 0.101. The van der Waals surface area contributed by atoms with Gasteiger partial charge in [-0.15, -0.1) is 0 Å². The zero-order valence-corrected chi connectivity index (χ0v) is 23.8. The Morgan fingerprint density at radius 3 is 2.34 bits per heavy atom. The van der Waals surface area contributed by atoms with Crippen molar-refractivity contribution < 1.29 is 28.6 Å². The lowest BCUT2D eigenvalue weighted by Crippen LogP contribution is -2.35. The second-order valence-corrected chi connectivity index (χ2v) is 10.4. The smallest absolute Gasteiger partial charge is 0.407 e. The van der Waals surface area contributed by atoms with Crippen LogP contribution in [-0.2, 0) is 25.4 Å². The summed E-state index contributed by atoms with van der Waals surface area (Å²) in [5.74, 6) is -1.23. The van der Waals surface area contributed by atoms with E-state index in [2.05, 4.69) is 5.32 Å². The summed E-state index contributed by atoms with van der Waals surface area (Å²) in [6.45, 7) is 12.5. The Morgan fingerprint density at radius 1 is 1.08 bits per heavy atom. The summed E-state index contributed by atoms with van der Waals surface area (Å²) in [6.07, 6.45) is 1.19. The maximum atomic E-state index is 13.3. The number of amides is 1. The molecule has 10 heteroatoms. The molecule has 0 saturated heterocycles. The second-order valence-electron chi connectivity index (χ2n) is 9.96. The van der Waals surface area contributed by atoms with E-state index in [1.165, 1.54) is 16.8 Å². The van der Waals surface area contributed by atoms with Crippen molar-refractivity contribution in [2.45, 2.75) is 79.1 Å². The average molecular weight is 549 g/mol. The Morgan fingerprint density at radius 2 is 1.76 bits per heavy atom. The first kappa shape index (κ1) is 30.9. The Bertz CT molecular complexity index is 1210. The van der Waals surface area contributed by atoms with E-state index in [9.17, 15) is 19.2 Å². The first-order valence-corrected chi connectivity index (χ1v) is 13.0. The standard InChI is InChI=1S/C28H37ClN2O7/c1-8-23(26(34)38-28(5,6)7)31-16-22(25(33)36-9-2)21(15-24(31)32)20-14-19(29)11-10-18(20)12-13-30-27(35)37-17(3)4/h10-11,14-17,23H,8-9,12-13H2,1-7H3,(H,30,35). The maximum Gasteiger partial charge on any atom is 0.407 e. The van der Waals surface area contributed by atoms with Crippen LogP contribution in [0.25, 0.3) is 11.1 Å². The van der Waals surface area contributed by atoms with Gasteiger partial charge in [0.25, 0.3) is 5.56 Å². The summed E-state index contributed by atoms with van der Waals surface area (Å²) in [4.78, 5) is 51.1. The number of nitrogens with one attached hydrogen (secondary N) is 1. The van der Waals surface area contributed by atoms with E-state index in [4.69, 9.17) is 25.8 Å². The third kappa shape index (κ3) is 8.62. The average Bonchev–Trinajstić information content (AvgIpc) is 2.79. The molecule has 1 amide bonds. The lowest BCUT2D eigenvalue weighted by Gasteiger charge is -2.25. The van der Waals surface area contributed by atoms with E-state index in [1.807, 2.05) is 0 Å². The van der Waals surface area contributed by atoms with Gasteiger partial charge < -0.3 is 24.1 Å². The minimum Gasteiger partial charge on any atom is -0.462 e. The molecule has 2 aromatic rings. The van der Waals surface area contributed by atoms with Crippen molar-refractivity contribution in [2.75, 3.05) is 13.2 Å². The number of nitrogens with zero attached hydrogens (tertiary/aromatic N) is 1. The molecule has 0 saturated carbocycles. The van der Waals surface area contributed by atoms with E-state index in [0.29, 0.717) is 22.6 Å². The molecule has 1 aromatic carbocycles. The quantitative estimate of drug-likeness (QED) is 0.316. The normalized spacial score (nSPS) is 12.1. The summed E-state index contributed by atoms with van der Waals surface area (Å²) < 4.78 is 17.1. The predicted molar refractivity (Wildman–Crippen MR) is 146 cm³/mol. The van der Waals surface area contributed by atoms with E-state index in [1.54, 1.807) is 66.7 Å². The number of rotatable bonds is 10. The highest BCUT2D eigenvalue weighted by Crippen LogP contribution is 2.31. The summed E-state index contributed by atoms with van der Waals surface area (Å²) in [7, 11) is 0. The van der Waals surface area contributed by atoms with Gasteiger partial charge in [0, 0.05) is 29.4 Å². The van der Waals surface area contributed by atoms with Crippen molar-refractivity contribution in [3.8, 4) is 11.1 Å². The Labute approximate surface area is 228 Å². The lowest BCUT2D eigenvalue weighted by atomic mass is 9.94. The first-order chi connectivity index (χ1) is 17.8. The Balaban J connectivity index is 2.58. The number of ether oxygens (including phenoxy) is 3. The third-order valence-electron chi connectivity index (χ3n) is 5.35. The van der Waals surface area contributed by atoms with Crippen molar-refractivity contribution in [3.63, 3.8) is 0 Å². The molecule has 0 aliphatic carbocycles. The first-order valence-electron chi connectivity index (χ1n) is 12.7. The van der Waals surface area contributed by atoms with Crippen LogP contribution in [0.5, 0.6) is 0 Å². The van der Waals surface area contributed by atoms with Crippen LogP contribution in [0.4, 0.5) is 4.79 Å². The van der Waals surface area contributed by atoms with Crippen molar-refractivity contribution in [3.05, 3.63) is 57.0 Å². The Kier molecular flexibility index (Phi) is 10.9. The zero-order chi connectivity index (χ0) is 28.6. The minimum atomic E-state index is -0.932. The molecular formula is C28H37ClN2O7. The second kappa shape index (κ2) is 13.5. The fourth-order valence-electron chi connectivity index (χ4n) is 3.81. The predicted octanol–water partition coefficient (Wildman–Crippen LogP) is 5.32. The molecule has 0 spiro atoms. The number of carbonyl (C=O) groups excluding carboxylic acids is 3. The molecule has 208 valence electrons. The SMILES string of the molecule is CCOC(=O)c1cn(C(CC)C(=O)OC(C)(C)C)c(=O)cc1-c1cc(Cl)ccc1CCNC(=O)OC(C)C. The Hall–Kier alpha value is -3.33. The van der Waals surface area contributed by atoms with E-state index < -0.39 is 35.2 Å². The fraction of sp³-hybridized carbons (Fsp3) is 0.500. The van der Waals surface area contributed by atoms with Crippen LogP contribution in [0.15, 0.2) is 35.3 Å². The molecule has 1 atom stereocenters. The molecule has 0 aliphatic heterocycles. The number of halogens is 1. The van der Waals surface area contributed by atoms with Crippen molar-refractivity contribution in [2.24, 2.45) is 0 Å². The number of esters is 2. The molecule has 2 rings (SSSR count). The van der Waals surface area contributed by atoms with E-state index in [0.717, 1.165) is 5.56 Å². The summed E-state index contributed by atoms with van der Waals surface area (Å²) in [6, 6.07) is 5.47. The third-order valence-corrected chi connectivity index (χ3v) is 5.58. The number of carbonyl (C=O) groups is 3. The van der Waals surface area contributed by atoms with Gasteiger partial charge in [-0.2, -0.15) is 0 Å². The van der Waals surface area contributed by atoms with Gasteiger partial charge in [0.05, 0.1) is 18.3 Å². The van der Waals surface area contributed by atoms with Crippen LogP contribution < -0.4 is 10.9 Å². The van der Waals surface area contributed by atoms with Crippen LogP contribution >= 0.6 is 11.6 Å². The summed E-state index contributed by atoms with van der Waals surface area (Å²) in [5, 5.41) is 3.08. The van der Waals surface area contributed by atoms with Crippen molar-refractivity contribution in [1.29, 1.82) is 0 Å². The number of hydrogen-bond donors (Lipinski definition) is 1. The van der Waals surface area contributed by atoms with Gasteiger partial charge in [-0.3, -0.25) is 4.79 Å². The molecule has 38 heavy (non-hydrogen) atoms.